The van der Waals surface area contributed by atoms with Gasteiger partial charge in [0.1, 0.15) is 0 Å². The van der Waals surface area contributed by atoms with Crippen LogP contribution in [-0.2, 0) is 14.3 Å². The highest BCUT2D eigenvalue weighted by molar-refractivity contribution is 6.26. The van der Waals surface area contributed by atoms with E-state index >= 15 is 0 Å². The minimum Gasteiger partial charge on any atom is -0.367 e. The van der Waals surface area contributed by atoms with Crippen LogP contribution in [0.4, 0.5) is 5.69 Å². The quantitative estimate of drug-likeness (QED) is 0.491. The first-order valence-electron chi connectivity index (χ1n) is 12.1. The first-order chi connectivity index (χ1) is 17.4. The molecule has 3 fully saturated rings. The molecule has 2 amide bonds. The third kappa shape index (κ3) is 3.05. The van der Waals surface area contributed by atoms with Crippen molar-refractivity contribution < 1.29 is 14.3 Å². The molecule has 3 saturated heterocycles. The molecule has 3 aliphatic rings. The summed E-state index contributed by atoms with van der Waals surface area (Å²) in [5, 5.41) is 20.0. The number of carbonyl (C=O) groups is 2. The molecule has 3 aromatic carbocycles. The second kappa shape index (κ2) is 7.88. The van der Waals surface area contributed by atoms with E-state index in [1.807, 2.05) is 55.5 Å². The van der Waals surface area contributed by atoms with Crippen LogP contribution in [0.25, 0.3) is 16.8 Å². The molecule has 0 saturated carbocycles. The number of anilines is 1. The fraction of sp³-hybridized carbons (Fsp3) is 0.267. The summed E-state index contributed by atoms with van der Waals surface area (Å²) in [6, 6.07) is 22.4. The van der Waals surface area contributed by atoms with Gasteiger partial charge in [-0.25, -0.2) is 4.90 Å². The van der Waals surface area contributed by atoms with Crippen molar-refractivity contribution >= 4 is 34.4 Å². The summed E-state index contributed by atoms with van der Waals surface area (Å²) >= 11 is 0. The van der Waals surface area contributed by atoms with Gasteiger partial charge in [0.05, 0.1) is 52.0 Å². The van der Waals surface area contributed by atoms with E-state index < -0.39 is 23.0 Å². The predicted molar refractivity (Wildman–Crippen MR) is 134 cm³/mol. The molecule has 0 radical (unpaired) electrons. The van der Waals surface area contributed by atoms with Crippen LogP contribution in [0, 0.1) is 34.5 Å². The van der Waals surface area contributed by atoms with Crippen molar-refractivity contribution in [2.24, 2.45) is 11.8 Å². The van der Waals surface area contributed by atoms with Crippen LogP contribution in [-0.4, -0.2) is 23.0 Å². The van der Waals surface area contributed by atoms with Gasteiger partial charge in [0.2, 0.25) is 11.8 Å². The number of hydrogen-bond acceptors (Lipinski definition) is 5. The average Bonchev–Trinajstić information content (AvgIpc) is 3.48. The lowest BCUT2D eigenvalue weighted by molar-refractivity contribution is -0.130. The fourth-order valence-corrected chi connectivity index (χ4v) is 6.43. The Bertz CT molecular complexity index is 1540. The lowest BCUT2D eigenvalue weighted by atomic mass is 9.67. The molecule has 6 heteroatoms. The number of rotatable bonds is 4. The van der Waals surface area contributed by atoms with Gasteiger partial charge in [-0.05, 0) is 56.0 Å². The van der Waals surface area contributed by atoms with Crippen molar-refractivity contribution in [1.29, 1.82) is 10.5 Å². The number of imide groups is 1. The fourth-order valence-electron chi connectivity index (χ4n) is 6.43. The molecule has 0 spiro atoms. The summed E-state index contributed by atoms with van der Waals surface area (Å²) in [7, 11) is 0. The van der Waals surface area contributed by atoms with Gasteiger partial charge in [0.25, 0.3) is 0 Å². The summed E-state index contributed by atoms with van der Waals surface area (Å²) in [5.41, 5.74) is 1.18. The summed E-state index contributed by atoms with van der Waals surface area (Å²) in [6.07, 6.45) is 5.93. The largest absolute Gasteiger partial charge is 0.367 e. The number of carbonyl (C=O) groups excluding carboxylic acids is 2. The van der Waals surface area contributed by atoms with Crippen molar-refractivity contribution in [2.75, 3.05) is 4.90 Å². The molecular formula is C30H23N3O3. The zero-order chi connectivity index (χ0) is 25.1. The van der Waals surface area contributed by atoms with Crippen molar-refractivity contribution in [3.63, 3.8) is 0 Å². The standard InChI is InChI=1S/C30H23N3O3/c1-29-15-16-30(36-29,14-4-5-19-8-10-20(17-31)11-9-19)26-25(29)27(34)33(28(26)35)24-13-12-21(18-32)22-6-2-3-7-23(22)24/h2-13,25-26H,14-16H2,1H3/b5-4+/t25?,26-,29?,30?/m0/s1. The Morgan fingerprint density at radius 1 is 0.944 bits per heavy atom. The van der Waals surface area contributed by atoms with Gasteiger partial charge in [0, 0.05) is 10.8 Å². The van der Waals surface area contributed by atoms with E-state index in [2.05, 4.69) is 12.1 Å². The summed E-state index contributed by atoms with van der Waals surface area (Å²) in [6.45, 7) is 1.95. The third-order valence-electron chi connectivity index (χ3n) is 8.09. The summed E-state index contributed by atoms with van der Waals surface area (Å²) in [4.78, 5) is 29.1. The van der Waals surface area contributed by atoms with Gasteiger partial charge in [0.15, 0.2) is 0 Å². The van der Waals surface area contributed by atoms with Crippen LogP contribution in [0.2, 0.25) is 0 Å². The topological polar surface area (TPSA) is 94.2 Å². The molecule has 6 nitrogen and oxygen atoms in total. The minimum absolute atomic E-state index is 0.222. The van der Waals surface area contributed by atoms with Crippen LogP contribution in [0.5, 0.6) is 0 Å². The normalized spacial score (nSPS) is 28.6. The Morgan fingerprint density at radius 2 is 1.67 bits per heavy atom. The van der Waals surface area contributed by atoms with Gasteiger partial charge in [-0.3, -0.25) is 9.59 Å². The van der Waals surface area contributed by atoms with Gasteiger partial charge < -0.3 is 4.74 Å². The zero-order valence-corrected chi connectivity index (χ0v) is 19.8. The number of ether oxygens (including phenoxy) is 1. The van der Waals surface area contributed by atoms with Crippen molar-refractivity contribution in [1.82, 2.24) is 0 Å². The van der Waals surface area contributed by atoms with E-state index in [0.29, 0.717) is 35.0 Å². The van der Waals surface area contributed by atoms with Crippen LogP contribution >= 0.6 is 0 Å². The first-order valence-corrected chi connectivity index (χ1v) is 12.1. The summed E-state index contributed by atoms with van der Waals surface area (Å²) in [5.74, 6) is -1.53. The van der Waals surface area contributed by atoms with Crippen LogP contribution in [0.3, 0.4) is 0 Å². The predicted octanol–water partition coefficient (Wildman–Crippen LogP) is 5.11. The zero-order valence-electron chi connectivity index (χ0n) is 19.8. The maximum atomic E-state index is 13.9. The monoisotopic (exact) mass is 473 g/mol. The molecule has 6 rings (SSSR count). The Hall–Kier alpha value is -4.26. The lowest BCUT2D eigenvalue weighted by Gasteiger charge is -2.30. The number of hydrogen-bond donors (Lipinski definition) is 0. The number of nitrogens with zero attached hydrogens (tertiary/aromatic N) is 3. The van der Waals surface area contributed by atoms with E-state index in [0.717, 1.165) is 17.4 Å². The SMILES string of the molecule is CC12CCC(C/C=C/c3ccc(C#N)cc3)(O1)[C@@H]1C(=O)N(c3ccc(C#N)c4ccccc34)C(=O)C12. The minimum atomic E-state index is -0.730. The molecule has 0 N–H and O–H groups in total. The molecule has 3 aromatic rings. The third-order valence-corrected chi connectivity index (χ3v) is 8.09. The van der Waals surface area contributed by atoms with Crippen molar-refractivity contribution in [2.45, 2.75) is 37.4 Å². The Morgan fingerprint density at radius 3 is 2.39 bits per heavy atom. The highest BCUT2D eigenvalue weighted by Gasteiger charge is 2.73. The number of amides is 2. The Labute approximate surface area is 209 Å². The molecule has 2 bridgehead atoms. The first kappa shape index (κ1) is 22.2. The average molecular weight is 474 g/mol. The van der Waals surface area contributed by atoms with Crippen molar-refractivity contribution in [3.05, 3.63) is 83.4 Å². The second-order valence-corrected chi connectivity index (χ2v) is 10.1. The summed E-state index contributed by atoms with van der Waals surface area (Å²) < 4.78 is 6.53. The lowest BCUT2D eigenvalue weighted by Crippen LogP contribution is -2.41. The van der Waals surface area contributed by atoms with Gasteiger partial charge in [-0.15, -0.1) is 0 Å². The van der Waals surface area contributed by atoms with E-state index in [9.17, 15) is 14.9 Å². The Balaban J connectivity index is 1.36. The van der Waals surface area contributed by atoms with Gasteiger partial charge in [-0.1, -0.05) is 48.6 Å². The Kier molecular flexibility index (Phi) is 4.86. The van der Waals surface area contributed by atoms with E-state index in [1.54, 1.807) is 24.3 Å². The molecule has 176 valence electrons. The highest BCUT2D eigenvalue weighted by atomic mass is 16.5. The van der Waals surface area contributed by atoms with Gasteiger partial charge >= 0.3 is 0 Å². The van der Waals surface area contributed by atoms with E-state index in [1.165, 1.54) is 4.90 Å². The molecule has 3 heterocycles. The molecule has 36 heavy (non-hydrogen) atoms. The number of fused-ring (bicyclic) bond motifs is 6. The van der Waals surface area contributed by atoms with E-state index in [4.69, 9.17) is 10.00 Å². The second-order valence-electron chi connectivity index (χ2n) is 10.1. The molecule has 3 aliphatic heterocycles. The maximum absolute atomic E-state index is 13.9. The molecule has 0 aliphatic carbocycles. The number of benzene rings is 3. The molecule has 3 unspecified atom stereocenters. The highest BCUT2D eigenvalue weighted by Crippen LogP contribution is 2.62. The maximum Gasteiger partial charge on any atom is 0.240 e. The number of nitriles is 2. The van der Waals surface area contributed by atoms with Gasteiger partial charge in [-0.2, -0.15) is 10.5 Å². The smallest absolute Gasteiger partial charge is 0.240 e. The van der Waals surface area contributed by atoms with Crippen LogP contribution < -0.4 is 4.90 Å². The van der Waals surface area contributed by atoms with E-state index in [-0.39, 0.29) is 11.8 Å². The molecule has 0 aromatic heterocycles. The van der Waals surface area contributed by atoms with Crippen LogP contribution in [0.1, 0.15) is 42.9 Å². The van der Waals surface area contributed by atoms with Crippen molar-refractivity contribution in [3.8, 4) is 12.1 Å². The molecule has 4 atom stereocenters. The molecular weight excluding hydrogens is 450 g/mol. The van der Waals surface area contributed by atoms with Crippen LogP contribution in [0.15, 0.2) is 66.7 Å².